The Morgan fingerprint density at radius 1 is 1.75 bits per heavy atom. The van der Waals surface area contributed by atoms with Crippen LogP contribution in [0.25, 0.3) is 0 Å². The highest BCUT2D eigenvalue weighted by Gasteiger charge is 1.09. The van der Waals surface area contributed by atoms with Gasteiger partial charge in [0.15, 0.2) is 0 Å². The Kier molecular flexibility index (Phi) is 43.5. The first-order valence-electron chi connectivity index (χ1n) is 0.742. The molecule has 0 radical (unpaired) electrons. The normalized spacial score (nSPS) is 3.00. The van der Waals surface area contributed by atoms with E-state index in [2.05, 4.69) is 12.3 Å². The van der Waals surface area contributed by atoms with Crippen LogP contribution in [-0.4, -0.2) is 8.41 Å². The lowest BCUT2D eigenvalue weighted by Gasteiger charge is -1.40. The molecule has 0 fully saturated rings. The Bertz CT molecular complexity index is 13.5. The minimum Gasteiger partial charge on any atom is -0.405 e. The van der Waals surface area contributed by atoms with Crippen LogP contribution in [0, 0.1) is 0 Å². The van der Waals surface area contributed by atoms with Crippen LogP contribution in [0.15, 0.2) is 12.8 Å². The first-order valence-corrected chi connectivity index (χ1v) is 0.742. The predicted octanol–water partition coefficient (Wildman–Crippen LogP) is -1.10. The summed E-state index contributed by atoms with van der Waals surface area (Å²) in [6, 6.07) is 0. The summed E-state index contributed by atoms with van der Waals surface area (Å²) in [5, 5.41) is 0. The molecule has 2 N–H and O–H groups in total. The van der Waals surface area contributed by atoms with Crippen molar-refractivity contribution in [3.05, 3.63) is 12.8 Å². The van der Waals surface area contributed by atoms with E-state index >= 15 is 0 Å². The van der Waals surface area contributed by atoms with Gasteiger partial charge in [-0.15, -0.1) is 0 Å². The smallest absolute Gasteiger partial charge is 0.0814 e. The number of hydrogen-bond acceptors (Lipinski definition) is 1. The van der Waals surface area contributed by atoms with E-state index in [1.54, 1.807) is 0 Å². The molecular weight excluding hydrogens is 48.8 g/mol. The molecule has 0 spiro atoms. The average Bonchev–Trinajstić information content (AvgIpc) is 0.918. The molecular formula is C2H8BN. The summed E-state index contributed by atoms with van der Waals surface area (Å²) >= 11 is 0. The maximum atomic E-state index is 4.61. The van der Waals surface area contributed by atoms with Crippen molar-refractivity contribution in [3.8, 4) is 0 Å². The zero-order valence-electron chi connectivity index (χ0n) is 1.86. The largest absolute Gasteiger partial charge is 0.405 e. The molecule has 0 heterocycles. The highest BCUT2D eigenvalue weighted by Crippen LogP contribution is 1.13. The molecule has 0 aliphatic rings. The van der Waals surface area contributed by atoms with Crippen LogP contribution in [0.1, 0.15) is 0 Å². The van der Waals surface area contributed by atoms with Crippen LogP contribution < -0.4 is 5.73 Å². The fourth-order valence-corrected chi connectivity index (χ4v) is 0. The number of rotatable bonds is 0. The summed E-state index contributed by atoms with van der Waals surface area (Å²) < 4.78 is 0. The van der Waals surface area contributed by atoms with Crippen molar-refractivity contribution in [1.82, 2.24) is 0 Å². The third kappa shape index (κ3) is 3.76. The Morgan fingerprint density at radius 3 is 1.75 bits per heavy atom. The second-order valence-corrected chi connectivity index (χ2v) is 0.236. The van der Waals surface area contributed by atoms with Gasteiger partial charge in [-0.05, 0) is 6.20 Å². The van der Waals surface area contributed by atoms with Gasteiger partial charge in [0.1, 0.15) is 0 Å². The van der Waals surface area contributed by atoms with Gasteiger partial charge in [0.2, 0.25) is 0 Å². The van der Waals surface area contributed by atoms with Crippen LogP contribution in [0.3, 0.4) is 0 Å². The van der Waals surface area contributed by atoms with Gasteiger partial charge in [-0.3, -0.25) is 0 Å². The summed E-state index contributed by atoms with van der Waals surface area (Å²) in [7, 11) is 0. The third-order valence-corrected chi connectivity index (χ3v) is 0. The van der Waals surface area contributed by atoms with Crippen LogP contribution in [0.5, 0.6) is 0 Å². The van der Waals surface area contributed by atoms with Crippen molar-refractivity contribution in [2.75, 3.05) is 0 Å². The van der Waals surface area contributed by atoms with Gasteiger partial charge in [-0.1, -0.05) is 6.58 Å². The van der Waals surface area contributed by atoms with Gasteiger partial charge in [-0.2, -0.15) is 0 Å². The Balaban J connectivity index is 0. The monoisotopic (exact) mass is 57.1 g/mol. The summed E-state index contributed by atoms with van der Waals surface area (Å²) in [5.74, 6) is 0. The minimum absolute atomic E-state index is 0. The molecule has 1 nitrogen and oxygen atoms in total. The number of nitrogens with two attached hydrogens (primary N) is 1. The lowest BCUT2D eigenvalue weighted by Crippen LogP contribution is -1.67. The average molecular weight is 56.9 g/mol. The Hall–Kier alpha value is -0.395. The second kappa shape index (κ2) is 18.3. The lowest BCUT2D eigenvalue weighted by molar-refractivity contribution is 1.64. The predicted molar refractivity (Wildman–Crippen MR) is 24.3 cm³/mol. The van der Waals surface area contributed by atoms with Crippen molar-refractivity contribution >= 4 is 8.41 Å². The van der Waals surface area contributed by atoms with E-state index < -0.39 is 0 Å². The highest BCUT2D eigenvalue weighted by atomic mass is 14.5. The Labute approximate surface area is 28.1 Å². The van der Waals surface area contributed by atoms with Crippen LogP contribution >= 0.6 is 0 Å². The second-order valence-electron chi connectivity index (χ2n) is 0.236. The molecule has 24 valence electrons. The molecule has 0 aromatic heterocycles. The van der Waals surface area contributed by atoms with Crippen molar-refractivity contribution < 1.29 is 0 Å². The van der Waals surface area contributed by atoms with Crippen molar-refractivity contribution in [3.63, 3.8) is 0 Å². The fraction of sp³-hybridized carbons (Fsp3) is 0. The van der Waals surface area contributed by atoms with E-state index in [0.717, 1.165) is 0 Å². The minimum atomic E-state index is 0. The quantitative estimate of drug-likeness (QED) is 0.351. The summed E-state index contributed by atoms with van der Waals surface area (Å²) in [4.78, 5) is 0. The molecule has 0 saturated carbocycles. The van der Waals surface area contributed by atoms with Crippen molar-refractivity contribution in [1.29, 1.82) is 0 Å². The van der Waals surface area contributed by atoms with E-state index in [1.807, 2.05) is 0 Å². The zero-order chi connectivity index (χ0) is 2.71. The van der Waals surface area contributed by atoms with Gasteiger partial charge < -0.3 is 5.73 Å². The van der Waals surface area contributed by atoms with Gasteiger partial charge in [-0.25, -0.2) is 0 Å². The van der Waals surface area contributed by atoms with E-state index in [1.165, 1.54) is 6.20 Å². The van der Waals surface area contributed by atoms with E-state index in [4.69, 9.17) is 0 Å². The molecule has 0 aromatic carbocycles. The molecule has 0 aliphatic heterocycles. The fourth-order valence-electron chi connectivity index (χ4n) is 0. The molecule has 0 aliphatic carbocycles. The summed E-state index contributed by atoms with van der Waals surface area (Å²) in [6.45, 7) is 3.14. The molecule has 0 rings (SSSR count). The van der Waals surface area contributed by atoms with Gasteiger partial charge >= 0.3 is 0 Å². The molecule has 0 amide bonds. The summed E-state index contributed by atoms with van der Waals surface area (Å²) in [6.07, 6.45) is 1.25. The van der Waals surface area contributed by atoms with Crippen LogP contribution in [0.4, 0.5) is 0 Å². The zero-order valence-corrected chi connectivity index (χ0v) is 1.86. The highest BCUT2D eigenvalue weighted by molar-refractivity contribution is 5.75. The van der Waals surface area contributed by atoms with Crippen molar-refractivity contribution in [2.45, 2.75) is 0 Å². The molecule has 0 saturated heterocycles. The maximum Gasteiger partial charge on any atom is 0.0814 e. The van der Waals surface area contributed by atoms with Gasteiger partial charge in [0.05, 0.1) is 8.41 Å². The third-order valence-electron chi connectivity index (χ3n) is 0. The Morgan fingerprint density at radius 2 is 1.75 bits per heavy atom. The van der Waals surface area contributed by atoms with Gasteiger partial charge in [0, 0.05) is 0 Å². The molecule has 0 bridgehead atoms. The van der Waals surface area contributed by atoms with E-state index in [0.29, 0.717) is 0 Å². The summed E-state index contributed by atoms with van der Waals surface area (Å²) in [5.41, 5.74) is 4.61. The molecule has 0 aromatic rings. The standard InChI is InChI=1S/C2H5N.BH3/c1-2-3;/h2H,1,3H2;1H3. The molecule has 2 heteroatoms. The van der Waals surface area contributed by atoms with Gasteiger partial charge in [0.25, 0.3) is 0 Å². The van der Waals surface area contributed by atoms with Crippen molar-refractivity contribution in [2.24, 2.45) is 5.73 Å². The number of hydrogen-bond donors (Lipinski definition) is 1. The lowest BCUT2D eigenvalue weighted by atomic mass is 10.8. The van der Waals surface area contributed by atoms with Crippen LogP contribution in [0.2, 0.25) is 0 Å². The molecule has 0 unspecified atom stereocenters. The molecule has 4 heavy (non-hydrogen) atoms. The molecule has 0 atom stereocenters. The van der Waals surface area contributed by atoms with Crippen LogP contribution in [-0.2, 0) is 0 Å². The van der Waals surface area contributed by atoms with E-state index in [-0.39, 0.29) is 8.41 Å². The first-order chi connectivity index (χ1) is 1.41. The van der Waals surface area contributed by atoms with E-state index in [9.17, 15) is 0 Å². The SMILES string of the molecule is B.C=CN. The topological polar surface area (TPSA) is 26.0 Å². The maximum absolute atomic E-state index is 4.61. The first kappa shape index (κ1) is 9.50.